The van der Waals surface area contributed by atoms with Gasteiger partial charge in [0.05, 0.1) is 23.3 Å². The van der Waals surface area contributed by atoms with Gasteiger partial charge in [-0.2, -0.15) is 0 Å². The minimum atomic E-state index is -0.477. The predicted octanol–water partition coefficient (Wildman–Crippen LogP) is 2.75. The standard InChI is InChI=1S/C16H25N3O4S.ClH/c1-11(2)16(3,10-17)18-15(20)9-24-8-12-5-6-14(23-4)13(7-12)19(21)22;/h5-7,11H,8-10,17H2,1-4H3,(H,18,20);1H. The van der Waals surface area contributed by atoms with E-state index in [4.69, 9.17) is 10.5 Å². The molecule has 0 saturated carbocycles. The van der Waals surface area contributed by atoms with E-state index in [9.17, 15) is 14.9 Å². The zero-order valence-corrected chi connectivity index (χ0v) is 16.5. The molecule has 142 valence electrons. The molecule has 1 aromatic carbocycles. The number of hydrogen-bond donors (Lipinski definition) is 2. The van der Waals surface area contributed by atoms with Gasteiger partial charge in [0.25, 0.3) is 0 Å². The van der Waals surface area contributed by atoms with Gasteiger partial charge in [-0.3, -0.25) is 14.9 Å². The number of nitrogens with zero attached hydrogens (tertiary/aromatic N) is 1. The fraction of sp³-hybridized carbons (Fsp3) is 0.562. The van der Waals surface area contributed by atoms with Crippen molar-refractivity contribution in [3.63, 3.8) is 0 Å². The normalized spacial score (nSPS) is 12.9. The van der Waals surface area contributed by atoms with Gasteiger partial charge in [-0.05, 0) is 24.5 Å². The lowest BCUT2D eigenvalue weighted by Crippen LogP contribution is -2.55. The van der Waals surface area contributed by atoms with E-state index in [0.717, 1.165) is 5.56 Å². The van der Waals surface area contributed by atoms with Gasteiger partial charge in [0, 0.05) is 18.4 Å². The molecule has 1 rings (SSSR count). The number of hydrogen-bond acceptors (Lipinski definition) is 6. The lowest BCUT2D eigenvalue weighted by Gasteiger charge is -2.33. The molecule has 9 heteroatoms. The molecule has 0 aromatic heterocycles. The molecule has 25 heavy (non-hydrogen) atoms. The van der Waals surface area contributed by atoms with E-state index in [-0.39, 0.29) is 41.4 Å². The summed E-state index contributed by atoms with van der Waals surface area (Å²) < 4.78 is 4.97. The first kappa shape index (κ1) is 23.5. The molecule has 1 atom stereocenters. The second-order valence-corrected chi connectivity index (χ2v) is 7.07. The van der Waals surface area contributed by atoms with Crippen LogP contribution in [0.1, 0.15) is 26.3 Å². The second kappa shape index (κ2) is 10.5. The Bertz CT molecular complexity index is 601. The number of nitro groups is 1. The highest BCUT2D eigenvalue weighted by molar-refractivity contribution is 7.99. The maximum atomic E-state index is 12.1. The monoisotopic (exact) mass is 391 g/mol. The summed E-state index contributed by atoms with van der Waals surface area (Å²) in [7, 11) is 1.39. The van der Waals surface area contributed by atoms with Crippen LogP contribution in [0.15, 0.2) is 18.2 Å². The summed E-state index contributed by atoms with van der Waals surface area (Å²) in [5, 5.41) is 14.0. The Morgan fingerprint density at radius 1 is 1.48 bits per heavy atom. The van der Waals surface area contributed by atoms with Gasteiger partial charge < -0.3 is 15.8 Å². The topological polar surface area (TPSA) is 107 Å². The van der Waals surface area contributed by atoms with Gasteiger partial charge in [0.15, 0.2) is 5.75 Å². The van der Waals surface area contributed by atoms with Crippen molar-refractivity contribution < 1.29 is 14.5 Å². The molecule has 0 aliphatic heterocycles. The number of ether oxygens (including phenoxy) is 1. The molecular formula is C16H26ClN3O4S. The Morgan fingerprint density at radius 2 is 2.12 bits per heavy atom. The largest absolute Gasteiger partial charge is 0.490 e. The van der Waals surface area contributed by atoms with Crippen molar-refractivity contribution in [3.8, 4) is 5.75 Å². The van der Waals surface area contributed by atoms with E-state index >= 15 is 0 Å². The lowest BCUT2D eigenvalue weighted by atomic mass is 9.88. The zero-order valence-electron chi connectivity index (χ0n) is 14.9. The summed E-state index contributed by atoms with van der Waals surface area (Å²) in [4.78, 5) is 22.6. The maximum absolute atomic E-state index is 12.1. The quantitative estimate of drug-likeness (QED) is 0.495. The van der Waals surface area contributed by atoms with Crippen LogP contribution in [0.3, 0.4) is 0 Å². The van der Waals surface area contributed by atoms with E-state index in [1.165, 1.54) is 24.9 Å². The van der Waals surface area contributed by atoms with Crippen molar-refractivity contribution in [2.45, 2.75) is 32.1 Å². The van der Waals surface area contributed by atoms with Crippen molar-refractivity contribution in [1.29, 1.82) is 0 Å². The van der Waals surface area contributed by atoms with E-state index in [0.29, 0.717) is 12.3 Å². The van der Waals surface area contributed by atoms with E-state index in [1.54, 1.807) is 12.1 Å². The molecule has 1 aromatic rings. The average Bonchev–Trinajstić information content (AvgIpc) is 2.54. The van der Waals surface area contributed by atoms with Crippen molar-refractivity contribution in [1.82, 2.24) is 5.32 Å². The minimum Gasteiger partial charge on any atom is -0.490 e. The number of nitrogens with one attached hydrogen (secondary N) is 1. The number of carbonyl (C=O) groups excluding carboxylic acids is 1. The number of amides is 1. The fourth-order valence-corrected chi connectivity index (χ4v) is 2.79. The van der Waals surface area contributed by atoms with Crippen molar-refractivity contribution in [2.75, 3.05) is 19.4 Å². The minimum absolute atomic E-state index is 0. The third-order valence-corrected chi connectivity index (χ3v) is 5.07. The molecule has 1 unspecified atom stereocenters. The first-order chi connectivity index (χ1) is 11.2. The Hall–Kier alpha value is -1.51. The average molecular weight is 392 g/mol. The first-order valence-electron chi connectivity index (χ1n) is 7.63. The third kappa shape index (κ3) is 6.72. The van der Waals surface area contributed by atoms with E-state index in [1.807, 2.05) is 20.8 Å². The molecule has 7 nitrogen and oxygen atoms in total. The van der Waals surface area contributed by atoms with Crippen LogP contribution in [-0.2, 0) is 10.5 Å². The molecule has 0 radical (unpaired) electrons. The number of nitrogens with two attached hydrogens (primary N) is 1. The van der Waals surface area contributed by atoms with Gasteiger partial charge in [0.2, 0.25) is 5.91 Å². The molecule has 0 heterocycles. The number of nitro benzene ring substituents is 1. The molecule has 1 amide bonds. The van der Waals surface area contributed by atoms with Crippen molar-refractivity contribution in [2.24, 2.45) is 11.7 Å². The van der Waals surface area contributed by atoms with Crippen LogP contribution in [0, 0.1) is 16.0 Å². The van der Waals surface area contributed by atoms with Crippen LogP contribution >= 0.6 is 24.2 Å². The molecule has 3 N–H and O–H groups in total. The smallest absolute Gasteiger partial charge is 0.311 e. The van der Waals surface area contributed by atoms with E-state index in [2.05, 4.69) is 5.32 Å². The number of benzene rings is 1. The van der Waals surface area contributed by atoms with Gasteiger partial charge in [-0.25, -0.2) is 0 Å². The Kier molecular flexibility index (Phi) is 9.84. The van der Waals surface area contributed by atoms with Crippen LogP contribution in [0.4, 0.5) is 5.69 Å². The van der Waals surface area contributed by atoms with Crippen LogP contribution in [-0.4, -0.2) is 35.8 Å². The van der Waals surface area contributed by atoms with Gasteiger partial charge >= 0.3 is 5.69 Å². The summed E-state index contributed by atoms with van der Waals surface area (Å²) in [5.41, 5.74) is 6.01. The van der Waals surface area contributed by atoms with Gasteiger partial charge in [-0.15, -0.1) is 24.2 Å². The number of methoxy groups -OCH3 is 1. The molecule has 0 spiro atoms. The Labute approximate surface area is 158 Å². The van der Waals surface area contributed by atoms with Gasteiger partial charge in [-0.1, -0.05) is 19.9 Å². The SMILES string of the molecule is COc1ccc(CSCC(=O)NC(C)(CN)C(C)C)cc1[N+](=O)[O-].Cl. The summed E-state index contributed by atoms with van der Waals surface area (Å²) in [6, 6.07) is 4.80. The van der Waals surface area contributed by atoms with E-state index < -0.39 is 10.5 Å². The van der Waals surface area contributed by atoms with Crippen LogP contribution < -0.4 is 15.8 Å². The maximum Gasteiger partial charge on any atom is 0.311 e. The highest BCUT2D eigenvalue weighted by Crippen LogP contribution is 2.29. The van der Waals surface area contributed by atoms with Crippen LogP contribution in [0.2, 0.25) is 0 Å². The number of rotatable bonds is 9. The number of carbonyl (C=O) groups is 1. The summed E-state index contributed by atoms with van der Waals surface area (Å²) in [6.45, 7) is 6.31. The van der Waals surface area contributed by atoms with Crippen molar-refractivity contribution >= 4 is 35.8 Å². The highest BCUT2D eigenvalue weighted by atomic mass is 35.5. The Morgan fingerprint density at radius 3 is 2.60 bits per heavy atom. The summed E-state index contributed by atoms with van der Waals surface area (Å²) >= 11 is 1.39. The number of halogens is 1. The zero-order chi connectivity index (χ0) is 18.3. The molecule has 0 aliphatic carbocycles. The molecule has 0 saturated heterocycles. The van der Waals surface area contributed by atoms with Crippen LogP contribution in [0.5, 0.6) is 5.75 Å². The Balaban J connectivity index is 0.00000576. The molecule has 0 fully saturated rings. The fourth-order valence-electron chi connectivity index (χ4n) is 2.02. The third-order valence-electron chi connectivity index (χ3n) is 4.07. The molecular weight excluding hydrogens is 366 g/mol. The first-order valence-corrected chi connectivity index (χ1v) is 8.79. The highest BCUT2D eigenvalue weighted by Gasteiger charge is 2.28. The molecule has 0 bridgehead atoms. The second-order valence-electron chi connectivity index (χ2n) is 6.08. The van der Waals surface area contributed by atoms with Crippen LogP contribution in [0.25, 0.3) is 0 Å². The van der Waals surface area contributed by atoms with Gasteiger partial charge in [0.1, 0.15) is 0 Å². The molecule has 0 aliphatic rings. The number of thioether (sulfide) groups is 1. The predicted molar refractivity (Wildman–Crippen MR) is 103 cm³/mol. The summed E-state index contributed by atoms with van der Waals surface area (Å²) in [6.07, 6.45) is 0. The van der Waals surface area contributed by atoms with Crippen molar-refractivity contribution in [3.05, 3.63) is 33.9 Å². The lowest BCUT2D eigenvalue weighted by molar-refractivity contribution is -0.385. The summed E-state index contributed by atoms with van der Waals surface area (Å²) in [5.74, 6) is 1.12.